The molecular formula is C15H23NOS. The summed E-state index contributed by atoms with van der Waals surface area (Å²) in [4.78, 5) is 0.591. The summed E-state index contributed by atoms with van der Waals surface area (Å²) in [7, 11) is 0. The van der Waals surface area contributed by atoms with Gasteiger partial charge in [0.2, 0.25) is 0 Å². The molecule has 1 aromatic carbocycles. The number of unbranched alkanes of at least 4 members (excludes halogenated alkanes) is 1. The zero-order chi connectivity index (χ0) is 13.5. The number of ether oxygens (including phenoxy) is 1. The minimum Gasteiger partial charge on any atom is -0.493 e. The van der Waals surface area contributed by atoms with Crippen molar-refractivity contribution in [3.8, 4) is 5.75 Å². The molecule has 0 saturated carbocycles. The van der Waals surface area contributed by atoms with E-state index >= 15 is 0 Å². The summed E-state index contributed by atoms with van der Waals surface area (Å²) in [5, 5.41) is 0. The van der Waals surface area contributed by atoms with Crippen molar-refractivity contribution in [3.63, 3.8) is 0 Å². The standard InChI is InChI=1S/C15H23NOS/c1-11(2)13-8-7-12(3)10-14(13)17-9-5-4-6-15(16)18/h7-8,10-11H,4-6,9H2,1-3H3,(H2,16,18). The molecule has 0 radical (unpaired) electrons. The molecule has 0 aliphatic carbocycles. The van der Waals surface area contributed by atoms with E-state index in [0.29, 0.717) is 10.9 Å². The Morgan fingerprint density at radius 3 is 2.67 bits per heavy atom. The van der Waals surface area contributed by atoms with Crippen molar-refractivity contribution in [2.75, 3.05) is 6.61 Å². The van der Waals surface area contributed by atoms with Crippen molar-refractivity contribution in [1.29, 1.82) is 0 Å². The van der Waals surface area contributed by atoms with Crippen LogP contribution in [0.4, 0.5) is 0 Å². The van der Waals surface area contributed by atoms with Crippen LogP contribution in [0, 0.1) is 6.92 Å². The normalized spacial score (nSPS) is 10.7. The summed E-state index contributed by atoms with van der Waals surface area (Å²) >= 11 is 4.85. The van der Waals surface area contributed by atoms with Gasteiger partial charge in [0.05, 0.1) is 11.6 Å². The van der Waals surface area contributed by atoms with Crippen LogP contribution in [0.5, 0.6) is 5.75 Å². The van der Waals surface area contributed by atoms with Gasteiger partial charge in [-0.1, -0.05) is 38.2 Å². The number of thiocarbonyl (C=S) groups is 1. The SMILES string of the molecule is Cc1ccc(C(C)C)c(OCCCCC(N)=S)c1. The van der Waals surface area contributed by atoms with Gasteiger partial charge in [0.1, 0.15) is 5.75 Å². The van der Waals surface area contributed by atoms with Gasteiger partial charge >= 0.3 is 0 Å². The van der Waals surface area contributed by atoms with E-state index in [1.165, 1.54) is 11.1 Å². The Labute approximate surface area is 116 Å². The van der Waals surface area contributed by atoms with Crippen LogP contribution in [-0.4, -0.2) is 11.6 Å². The second kappa shape index (κ2) is 7.37. The fourth-order valence-corrected chi connectivity index (χ4v) is 1.97. The monoisotopic (exact) mass is 265 g/mol. The van der Waals surface area contributed by atoms with E-state index in [1.807, 2.05) is 0 Å². The van der Waals surface area contributed by atoms with Gasteiger partial charge in [-0.15, -0.1) is 0 Å². The Morgan fingerprint density at radius 2 is 2.06 bits per heavy atom. The molecule has 0 unspecified atom stereocenters. The number of benzene rings is 1. The van der Waals surface area contributed by atoms with Gasteiger partial charge in [0, 0.05) is 0 Å². The lowest BCUT2D eigenvalue weighted by atomic mass is 10.0. The van der Waals surface area contributed by atoms with Crippen molar-refractivity contribution >= 4 is 17.2 Å². The lowest BCUT2D eigenvalue weighted by Crippen LogP contribution is -2.08. The van der Waals surface area contributed by atoms with E-state index in [2.05, 4.69) is 39.0 Å². The molecule has 0 amide bonds. The van der Waals surface area contributed by atoms with Gasteiger partial charge in [-0.05, 0) is 49.3 Å². The molecule has 0 aromatic heterocycles. The third-order valence-electron chi connectivity index (χ3n) is 2.87. The Hall–Kier alpha value is -1.09. The quantitative estimate of drug-likeness (QED) is 0.599. The molecular weight excluding hydrogens is 242 g/mol. The molecule has 0 fully saturated rings. The van der Waals surface area contributed by atoms with Crippen LogP contribution < -0.4 is 10.5 Å². The lowest BCUT2D eigenvalue weighted by Gasteiger charge is -2.14. The average Bonchev–Trinajstić information content (AvgIpc) is 2.27. The highest BCUT2D eigenvalue weighted by atomic mass is 32.1. The fraction of sp³-hybridized carbons (Fsp3) is 0.533. The highest BCUT2D eigenvalue weighted by molar-refractivity contribution is 7.80. The maximum atomic E-state index is 5.88. The van der Waals surface area contributed by atoms with Crippen LogP contribution in [0.2, 0.25) is 0 Å². The molecule has 0 saturated heterocycles. The van der Waals surface area contributed by atoms with Crippen LogP contribution in [0.15, 0.2) is 18.2 Å². The van der Waals surface area contributed by atoms with Crippen molar-refractivity contribution < 1.29 is 4.74 Å². The molecule has 0 atom stereocenters. The summed E-state index contributed by atoms with van der Waals surface area (Å²) in [6, 6.07) is 6.41. The van der Waals surface area contributed by atoms with Crippen LogP contribution in [0.1, 0.15) is 50.2 Å². The Morgan fingerprint density at radius 1 is 1.33 bits per heavy atom. The number of nitrogens with two attached hydrogens (primary N) is 1. The number of hydrogen-bond donors (Lipinski definition) is 1. The zero-order valence-corrected chi connectivity index (χ0v) is 12.3. The van der Waals surface area contributed by atoms with Crippen LogP contribution in [0.25, 0.3) is 0 Å². The maximum Gasteiger partial charge on any atom is 0.122 e. The summed E-state index contributed by atoms with van der Waals surface area (Å²) in [6.07, 6.45) is 2.80. The van der Waals surface area contributed by atoms with Gasteiger partial charge in [-0.2, -0.15) is 0 Å². The van der Waals surface area contributed by atoms with E-state index in [9.17, 15) is 0 Å². The van der Waals surface area contributed by atoms with Crippen molar-refractivity contribution in [3.05, 3.63) is 29.3 Å². The Balaban J connectivity index is 2.50. The first kappa shape index (κ1) is 15.0. The zero-order valence-electron chi connectivity index (χ0n) is 11.5. The van der Waals surface area contributed by atoms with E-state index in [0.717, 1.165) is 31.6 Å². The van der Waals surface area contributed by atoms with Crippen molar-refractivity contribution in [2.24, 2.45) is 5.73 Å². The molecule has 1 aromatic rings. The number of rotatable bonds is 7. The van der Waals surface area contributed by atoms with Gasteiger partial charge < -0.3 is 10.5 Å². The number of hydrogen-bond acceptors (Lipinski definition) is 2. The molecule has 1 rings (SSSR count). The summed E-state index contributed by atoms with van der Waals surface area (Å²) < 4.78 is 5.88. The van der Waals surface area contributed by atoms with Gasteiger partial charge in [0.25, 0.3) is 0 Å². The summed E-state index contributed by atoms with van der Waals surface area (Å²) in [5.74, 6) is 1.50. The third kappa shape index (κ3) is 5.05. The number of aryl methyl sites for hydroxylation is 1. The van der Waals surface area contributed by atoms with E-state index in [4.69, 9.17) is 22.7 Å². The molecule has 2 nitrogen and oxygen atoms in total. The molecule has 18 heavy (non-hydrogen) atoms. The first-order valence-corrected chi connectivity index (χ1v) is 6.93. The average molecular weight is 265 g/mol. The molecule has 0 spiro atoms. The fourth-order valence-electron chi connectivity index (χ4n) is 1.83. The molecule has 0 bridgehead atoms. The maximum absolute atomic E-state index is 5.88. The molecule has 0 heterocycles. The smallest absolute Gasteiger partial charge is 0.122 e. The first-order chi connectivity index (χ1) is 8.50. The predicted octanol–water partition coefficient (Wildman–Crippen LogP) is 3.95. The van der Waals surface area contributed by atoms with Crippen molar-refractivity contribution in [2.45, 2.75) is 46.0 Å². The Bertz CT molecular complexity index is 401. The summed E-state index contributed by atoms with van der Waals surface area (Å²) in [6.45, 7) is 7.18. The third-order valence-corrected chi connectivity index (χ3v) is 3.07. The minimum atomic E-state index is 0.484. The topological polar surface area (TPSA) is 35.2 Å². The predicted molar refractivity (Wildman–Crippen MR) is 81.4 cm³/mol. The Kier molecular flexibility index (Phi) is 6.13. The highest BCUT2D eigenvalue weighted by Gasteiger charge is 2.07. The first-order valence-electron chi connectivity index (χ1n) is 6.52. The van der Waals surface area contributed by atoms with Crippen LogP contribution in [0.3, 0.4) is 0 Å². The van der Waals surface area contributed by atoms with Gasteiger partial charge in [0.15, 0.2) is 0 Å². The molecule has 2 N–H and O–H groups in total. The molecule has 0 aliphatic rings. The second-order valence-electron chi connectivity index (χ2n) is 4.97. The van der Waals surface area contributed by atoms with Crippen LogP contribution >= 0.6 is 12.2 Å². The lowest BCUT2D eigenvalue weighted by molar-refractivity contribution is 0.303. The van der Waals surface area contributed by atoms with E-state index in [-0.39, 0.29) is 0 Å². The van der Waals surface area contributed by atoms with Crippen LogP contribution in [-0.2, 0) is 0 Å². The van der Waals surface area contributed by atoms with Crippen molar-refractivity contribution in [1.82, 2.24) is 0 Å². The van der Waals surface area contributed by atoms with Gasteiger partial charge in [-0.25, -0.2) is 0 Å². The summed E-state index contributed by atoms with van der Waals surface area (Å²) in [5.41, 5.74) is 7.97. The van der Waals surface area contributed by atoms with E-state index in [1.54, 1.807) is 0 Å². The molecule has 0 aliphatic heterocycles. The largest absolute Gasteiger partial charge is 0.493 e. The van der Waals surface area contributed by atoms with E-state index < -0.39 is 0 Å². The minimum absolute atomic E-state index is 0.484. The molecule has 3 heteroatoms. The van der Waals surface area contributed by atoms with Gasteiger partial charge in [-0.3, -0.25) is 0 Å². The highest BCUT2D eigenvalue weighted by Crippen LogP contribution is 2.27. The second-order valence-corrected chi connectivity index (χ2v) is 5.49. The molecule has 100 valence electrons.